The lowest BCUT2D eigenvalue weighted by Crippen LogP contribution is -1.97. The van der Waals surface area contributed by atoms with Gasteiger partial charge in [-0.15, -0.1) is 0 Å². The van der Waals surface area contributed by atoms with E-state index >= 15 is 0 Å². The first-order chi connectivity index (χ1) is 14.4. The van der Waals surface area contributed by atoms with Crippen LogP contribution in [0.3, 0.4) is 0 Å². The second kappa shape index (κ2) is 9.76. The predicted molar refractivity (Wildman–Crippen MR) is 133 cm³/mol. The van der Waals surface area contributed by atoms with Gasteiger partial charge >= 0.3 is 0 Å². The summed E-state index contributed by atoms with van der Waals surface area (Å²) in [6.45, 7) is 16.8. The molecule has 0 heteroatoms. The van der Waals surface area contributed by atoms with E-state index < -0.39 is 0 Å². The molecule has 2 aromatic rings. The van der Waals surface area contributed by atoms with Gasteiger partial charge in [0.1, 0.15) is 0 Å². The van der Waals surface area contributed by atoms with Crippen molar-refractivity contribution in [1.82, 2.24) is 0 Å². The summed E-state index contributed by atoms with van der Waals surface area (Å²) in [7, 11) is 0. The summed E-state index contributed by atoms with van der Waals surface area (Å²) in [6.07, 6.45) is 13.4. The Balaban J connectivity index is 1.77. The van der Waals surface area contributed by atoms with Crippen molar-refractivity contribution < 1.29 is 0 Å². The minimum absolute atomic E-state index is 0.510. The Bertz CT molecular complexity index is 1040. The van der Waals surface area contributed by atoms with Crippen molar-refractivity contribution in [2.24, 2.45) is 0 Å². The number of allylic oxidation sites excluding steroid dienone is 8. The second-order valence-electron chi connectivity index (χ2n) is 8.46. The third kappa shape index (κ3) is 4.82. The standard InChI is InChI=1S/C30H34/c1-7-9-11-25(24(6)22(4)10-8-2)14-13-23(5)26-15-17-30-28(19-26)20-27-18-21(3)12-16-29(27)30/h7-12,15-19,23H,1,4,13-14,20H2,2-3,5-6H3/b10-8-,11-9-,25-24-. The molecule has 0 spiro atoms. The van der Waals surface area contributed by atoms with Crippen LogP contribution in [-0.4, -0.2) is 0 Å². The second-order valence-corrected chi connectivity index (χ2v) is 8.46. The molecule has 1 aliphatic carbocycles. The van der Waals surface area contributed by atoms with Crippen LogP contribution in [0.4, 0.5) is 0 Å². The van der Waals surface area contributed by atoms with Gasteiger partial charge in [-0.3, -0.25) is 0 Å². The zero-order valence-electron chi connectivity index (χ0n) is 19.0. The average molecular weight is 395 g/mol. The lowest BCUT2D eigenvalue weighted by Gasteiger charge is -2.16. The Kier molecular flexibility index (Phi) is 7.11. The molecule has 1 aliphatic rings. The molecular formula is C30H34. The van der Waals surface area contributed by atoms with E-state index in [4.69, 9.17) is 0 Å². The van der Waals surface area contributed by atoms with Gasteiger partial charge < -0.3 is 0 Å². The molecule has 0 fully saturated rings. The van der Waals surface area contributed by atoms with Crippen molar-refractivity contribution in [2.75, 3.05) is 0 Å². The highest BCUT2D eigenvalue weighted by Gasteiger charge is 2.19. The van der Waals surface area contributed by atoms with E-state index in [-0.39, 0.29) is 0 Å². The van der Waals surface area contributed by atoms with Gasteiger partial charge in [-0.25, -0.2) is 0 Å². The highest BCUT2D eigenvalue weighted by atomic mass is 14.2. The zero-order valence-corrected chi connectivity index (χ0v) is 19.0. The summed E-state index contributed by atoms with van der Waals surface area (Å²) in [5.74, 6) is 0.510. The molecule has 30 heavy (non-hydrogen) atoms. The molecule has 2 aromatic carbocycles. The van der Waals surface area contributed by atoms with Crippen molar-refractivity contribution in [2.45, 2.75) is 52.9 Å². The first kappa shape index (κ1) is 21.8. The van der Waals surface area contributed by atoms with E-state index in [0.717, 1.165) is 24.8 Å². The zero-order chi connectivity index (χ0) is 21.7. The van der Waals surface area contributed by atoms with E-state index in [2.05, 4.69) is 82.5 Å². The molecule has 0 aromatic heterocycles. The number of rotatable bonds is 8. The van der Waals surface area contributed by atoms with Gasteiger partial charge in [0.2, 0.25) is 0 Å². The van der Waals surface area contributed by atoms with Crippen molar-refractivity contribution in [3.63, 3.8) is 0 Å². The van der Waals surface area contributed by atoms with Crippen LogP contribution in [0.2, 0.25) is 0 Å². The molecule has 0 radical (unpaired) electrons. The van der Waals surface area contributed by atoms with E-state index in [1.165, 1.54) is 44.5 Å². The molecule has 0 N–H and O–H groups in total. The minimum Gasteiger partial charge on any atom is -0.0991 e. The maximum absolute atomic E-state index is 4.22. The van der Waals surface area contributed by atoms with E-state index in [1.807, 2.05) is 25.2 Å². The number of fused-ring (bicyclic) bond motifs is 3. The Morgan fingerprint density at radius 1 is 1.07 bits per heavy atom. The Morgan fingerprint density at radius 2 is 1.77 bits per heavy atom. The molecular weight excluding hydrogens is 360 g/mol. The predicted octanol–water partition coefficient (Wildman–Crippen LogP) is 8.64. The Morgan fingerprint density at radius 3 is 2.47 bits per heavy atom. The topological polar surface area (TPSA) is 0 Å². The number of benzene rings is 2. The first-order valence-corrected chi connectivity index (χ1v) is 11.0. The summed E-state index contributed by atoms with van der Waals surface area (Å²) in [6, 6.07) is 13.9. The summed E-state index contributed by atoms with van der Waals surface area (Å²) >= 11 is 0. The molecule has 1 atom stereocenters. The molecule has 154 valence electrons. The average Bonchev–Trinajstić information content (AvgIpc) is 3.09. The SMILES string of the molecule is C=C/C=C\C(CCC(C)c1ccc2c(c1)Cc1cc(C)ccc1-2)=C(/C)C(=C)/C=C\C. The first-order valence-electron chi connectivity index (χ1n) is 11.0. The lowest BCUT2D eigenvalue weighted by atomic mass is 9.89. The maximum atomic E-state index is 4.22. The molecule has 3 rings (SSSR count). The van der Waals surface area contributed by atoms with Gasteiger partial charge in [0.25, 0.3) is 0 Å². The van der Waals surface area contributed by atoms with Crippen LogP contribution in [0.25, 0.3) is 11.1 Å². The highest BCUT2D eigenvalue weighted by Crippen LogP contribution is 2.39. The summed E-state index contributed by atoms with van der Waals surface area (Å²) in [5, 5.41) is 0. The number of hydrogen-bond acceptors (Lipinski definition) is 0. The number of aryl methyl sites for hydroxylation is 1. The highest BCUT2D eigenvalue weighted by molar-refractivity contribution is 5.77. The molecule has 0 amide bonds. The molecule has 0 nitrogen and oxygen atoms in total. The normalized spacial score (nSPS) is 14.5. The molecule has 0 bridgehead atoms. The van der Waals surface area contributed by atoms with Crippen LogP contribution in [0.15, 0.2) is 96.7 Å². The van der Waals surface area contributed by atoms with Crippen molar-refractivity contribution in [3.05, 3.63) is 119 Å². The van der Waals surface area contributed by atoms with Crippen LogP contribution in [-0.2, 0) is 6.42 Å². The van der Waals surface area contributed by atoms with Crippen LogP contribution in [0.5, 0.6) is 0 Å². The van der Waals surface area contributed by atoms with Crippen LogP contribution < -0.4 is 0 Å². The smallest absolute Gasteiger partial charge is 0.00133 e. The fraction of sp³-hybridized carbons (Fsp3) is 0.267. The molecule has 0 saturated carbocycles. The monoisotopic (exact) mass is 394 g/mol. The molecule has 1 unspecified atom stereocenters. The largest absolute Gasteiger partial charge is 0.0991 e. The third-order valence-electron chi connectivity index (χ3n) is 6.24. The van der Waals surface area contributed by atoms with E-state index in [9.17, 15) is 0 Å². The van der Waals surface area contributed by atoms with Crippen LogP contribution in [0.1, 0.15) is 61.8 Å². The fourth-order valence-corrected chi connectivity index (χ4v) is 4.32. The van der Waals surface area contributed by atoms with Gasteiger partial charge in [-0.05, 0) is 90.5 Å². The van der Waals surface area contributed by atoms with Gasteiger partial charge in [-0.2, -0.15) is 0 Å². The van der Waals surface area contributed by atoms with Crippen molar-refractivity contribution in [3.8, 4) is 11.1 Å². The lowest BCUT2D eigenvalue weighted by molar-refractivity contribution is 0.679. The van der Waals surface area contributed by atoms with Gasteiger partial charge in [0.15, 0.2) is 0 Å². The molecule has 0 saturated heterocycles. The molecule has 0 heterocycles. The fourth-order valence-electron chi connectivity index (χ4n) is 4.32. The van der Waals surface area contributed by atoms with Gasteiger partial charge in [0, 0.05) is 0 Å². The number of hydrogen-bond donors (Lipinski definition) is 0. The van der Waals surface area contributed by atoms with E-state index in [1.54, 1.807) is 0 Å². The maximum Gasteiger partial charge on any atom is -0.00133 e. The van der Waals surface area contributed by atoms with Gasteiger partial charge in [0.05, 0.1) is 0 Å². The van der Waals surface area contributed by atoms with Crippen LogP contribution >= 0.6 is 0 Å². The van der Waals surface area contributed by atoms with Gasteiger partial charge in [-0.1, -0.05) is 92.4 Å². The third-order valence-corrected chi connectivity index (χ3v) is 6.24. The van der Waals surface area contributed by atoms with Crippen molar-refractivity contribution in [1.29, 1.82) is 0 Å². The van der Waals surface area contributed by atoms with Crippen molar-refractivity contribution >= 4 is 0 Å². The quantitative estimate of drug-likeness (QED) is 0.335. The Hall–Kier alpha value is -2.86. The summed E-state index contributed by atoms with van der Waals surface area (Å²) in [4.78, 5) is 0. The molecule has 0 aliphatic heterocycles. The Labute approximate surface area is 183 Å². The van der Waals surface area contributed by atoms with E-state index in [0.29, 0.717) is 5.92 Å². The minimum atomic E-state index is 0.510. The summed E-state index contributed by atoms with van der Waals surface area (Å²) < 4.78 is 0. The van der Waals surface area contributed by atoms with Crippen LogP contribution in [0, 0.1) is 6.92 Å². The summed E-state index contributed by atoms with van der Waals surface area (Å²) in [5.41, 5.74) is 12.2.